The van der Waals surface area contributed by atoms with Crippen molar-refractivity contribution in [1.82, 2.24) is 0 Å². The van der Waals surface area contributed by atoms with Gasteiger partial charge in [-0.15, -0.1) is 0 Å². The smallest absolute Gasteiger partial charge is 0.332 e. The highest BCUT2D eigenvalue weighted by molar-refractivity contribution is 9.10. The van der Waals surface area contributed by atoms with E-state index in [9.17, 15) is 0 Å². The molecule has 0 fully saturated rings. The summed E-state index contributed by atoms with van der Waals surface area (Å²) in [7, 11) is 0. The van der Waals surface area contributed by atoms with E-state index in [0.29, 0.717) is 13.2 Å². The molecule has 0 saturated heterocycles. The number of benzene rings is 1. The lowest BCUT2D eigenvalue weighted by Gasteiger charge is -2.07. The lowest BCUT2D eigenvalue weighted by atomic mass is 10.2. The monoisotopic (exact) mass is 312 g/mol. The van der Waals surface area contributed by atoms with Crippen LogP contribution in [0, 0.1) is 0 Å². The number of rotatable bonds is 4. The molecule has 2 rings (SSSR count). The van der Waals surface area contributed by atoms with Crippen LogP contribution in [0.25, 0.3) is 0 Å². The summed E-state index contributed by atoms with van der Waals surface area (Å²) < 4.78 is 11.8. The maximum atomic E-state index is 5.59. The summed E-state index contributed by atoms with van der Waals surface area (Å²) in [5.74, 6) is 5.75. The van der Waals surface area contributed by atoms with E-state index in [4.69, 9.17) is 15.3 Å². The largest absolute Gasteiger partial charge is 0.494 e. The fourth-order valence-corrected chi connectivity index (χ4v) is 1.76. The van der Waals surface area contributed by atoms with Crippen LogP contribution >= 0.6 is 15.9 Å². The van der Waals surface area contributed by atoms with Gasteiger partial charge in [-0.05, 0) is 24.3 Å². The third-order valence-corrected chi connectivity index (χ3v) is 2.90. The van der Waals surface area contributed by atoms with Gasteiger partial charge in [0.2, 0.25) is 0 Å². The number of ether oxygens (including phenoxy) is 2. The molecule has 1 aromatic carbocycles. The zero-order valence-corrected chi connectivity index (χ0v) is 11.2. The lowest BCUT2D eigenvalue weighted by molar-refractivity contribution is 0.263. The third-order valence-electron chi connectivity index (χ3n) is 2.37. The topological polar surface area (TPSA) is 81.6 Å². The van der Waals surface area contributed by atoms with Crippen LogP contribution in [0.3, 0.4) is 0 Å². The number of hydrogen-bond acceptors (Lipinski definition) is 5. The zero-order valence-electron chi connectivity index (χ0n) is 9.62. The molecule has 7 heteroatoms. The Hall–Kier alpha value is -1.63. The Bertz CT molecular complexity index is 447. The van der Waals surface area contributed by atoms with Gasteiger partial charge in [-0.2, -0.15) is 0 Å². The molecule has 0 aromatic heterocycles. The third kappa shape index (κ3) is 3.69. The number of nitrogens with two attached hydrogens (primary N) is 1. The van der Waals surface area contributed by atoms with Gasteiger partial charge in [0, 0.05) is 10.9 Å². The first-order valence-electron chi connectivity index (χ1n) is 5.48. The first-order chi connectivity index (χ1) is 8.78. The first-order valence-corrected chi connectivity index (χ1v) is 6.27. The van der Waals surface area contributed by atoms with Gasteiger partial charge < -0.3 is 15.3 Å². The standard InChI is InChI=1S/C11H13BrN4O2/c12-8-1-3-10(4-2-8)17-6-5-9-7-18-11(14-9)15-16-13/h1-4,9H,5-7H2,(H2,13,14,15)/t9-/m0/s1. The maximum absolute atomic E-state index is 5.59. The molecule has 96 valence electrons. The highest BCUT2D eigenvalue weighted by atomic mass is 79.9. The summed E-state index contributed by atoms with van der Waals surface area (Å²) in [6.45, 7) is 1.07. The summed E-state index contributed by atoms with van der Waals surface area (Å²) in [6.07, 6.45) is 0.764. The molecular weight excluding hydrogens is 300 g/mol. The molecular formula is C11H13BrN4O2. The van der Waals surface area contributed by atoms with Crippen LogP contribution in [-0.4, -0.2) is 25.3 Å². The van der Waals surface area contributed by atoms with Crippen molar-refractivity contribution in [3.63, 3.8) is 0 Å². The summed E-state index contributed by atoms with van der Waals surface area (Å²) in [5, 5.41) is 6.66. The van der Waals surface area contributed by atoms with Crippen molar-refractivity contribution in [2.75, 3.05) is 13.2 Å². The molecule has 0 spiro atoms. The van der Waals surface area contributed by atoms with Crippen LogP contribution in [0.15, 0.2) is 44.1 Å². The first kappa shape index (κ1) is 12.8. The van der Waals surface area contributed by atoms with E-state index in [0.717, 1.165) is 16.6 Å². The average Bonchev–Trinajstić information content (AvgIpc) is 2.80. The molecule has 0 aliphatic carbocycles. The van der Waals surface area contributed by atoms with E-state index in [1.165, 1.54) is 0 Å². The molecule has 0 radical (unpaired) electrons. The van der Waals surface area contributed by atoms with Crippen LogP contribution in [0.4, 0.5) is 0 Å². The van der Waals surface area contributed by atoms with Crippen molar-refractivity contribution < 1.29 is 9.47 Å². The van der Waals surface area contributed by atoms with Gasteiger partial charge in [0.25, 0.3) is 0 Å². The predicted molar refractivity (Wildman–Crippen MR) is 70.5 cm³/mol. The second-order valence-electron chi connectivity index (χ2n) is 3.68. The summed E-state index contributed by atoms with van der Waals surface area (Å²) in [6, 6.07) is 7.99. The Morgan fingerprint density at radius 2 is 2.22 bits per heavy atom. The fourth-order valence-electron chi connectivity index (χ4n) is 1.50. The minimum Gasteiger partial charge on any atom is -0.494 e. The summed E-state index contributed by atoms with van der Waals surface area (Å²) >= 11 is 3.37. The fraction of sp³-hybridized carbons (Fsp3) is 0.364. The van der Waals surface area contributed by atoms with Gasteiger partial charge >= 0.3 is 6.02 Å². The zero-order chi connectivity index (χ0) is 12.8. The molecule has 1 aromatic rings. The van der Waals surface area contributed by atoms with E-state index in [1.807, 2.05) is 24.3 Å². The lowest BCUT2D eigenvalue weighted by Crippen LogP contribution is -2.11. The van der Waals surface area contributed by atoms with E-state index in [2.05, 4.69) is 31.3 Å². The Labute approximate surface area is 113 Å². The average molecular weight is 313 g/mol. The minimum absolute atomic E-state index is 0.0564. The minimum atomic E-state index is 0.0564. The van der Waals surface area contributed by atoms with Crippen LogP contribution in [0.2, 0.25) is 0 Å². The molecule has 0 unspecified atom stereocenters. The van der Waals surface area contributed by atoms with Gasteiger partial charge in [0.15, 0.2) is 0 Å². The van der Waals surface area contributed by atoms with Crippen LogP contribution < -0.4 is 10.6 Å². The Kier molecular flexibility index (Phi) is 4.52. The molecule has 6 nitrogen and oxygen atoms in total. The molecule has 1 aliphatic rings. The van der Waals surface area contributed by atoms with Gasteiger partial charge in [-0.1, -0.05) is 26.3 Å². The number of amidine groups is 1. The second kappa shape index (κ2) is 6.34. The van der Waals surface area contributed by atoms with Crippen molar-refractivity contribution in [2.24, 2.45) is 21.2 Å². The molecule has 1 aliphatic heterocycles. The highest BCUT2D eigenvalue weighted by Gasteiger charge is 2.18. The molecule has 0 amide bonds. The Morgan fingerprint density at radius 3 is 2.94 bits per heavy atom. The van der Waals surface area contributed by atoms with E-state index >= 15 is 0 Å². The number of aliphatic imine (C=N–C) groups is 1. The highest BCUT2D eigenvalue weighted by Crippen LogP contribution is 2.17. The normalized spacial score (nSPS) is 18.7. The van der Waals surface area contributed by atoms with Gasteiger partial charge in [-0.25, -0.2) is 4.99 Å². The van der Waals surface area contributed by atoms with Crippen molar-refractivity contribution in [1.29, 1.82) is 0 Å². The number of halogens is 1. The van der Waals surface area contributed by atoms with Crippen LogP contribution in [0.1, 0.15) is 6.42 Å². The van der Waals surface area contributed by atoms with E-state index < -0.39 is 0 Å². The van der Waals surface area contributed by atoms with Crippen LogP contribution in [0.5, 0.6) is 5.75 Å². The quantitative estimate of drug-likeness (QED) is 0.526. The van der Waals surface area contributed by atoms with E-state index in [-0.39, 0.29) is 12.1 Å². The molecule has 1 heterocycles. The Balaban J connectivity index is 1.74. The number of nitrogens with zero attached hydrogens (tertiary/aromatic N) is 3. The Morgan fingerprint density at radius 1 is 1.44 bits per heavy atom. The molecule has 0 saturated carbocycles. The van der Waals surface area contributed by atoms with Crippen LogP contribution in [-0.2, 0) is 4.74 Å². The summed E-state index contributed by atoms with van der Waals surface area (Å²) in [4.78, 5) is 4.19. The molecule has 2 N–H and O–H groups in total. The van der Waals surface area contributed by atoms with Crippen molar-refractivity contribution in [3.05, 3.63) is 28.7 Å². The predicted octanol–water partition coefficient (Wildman–Crippen LogP) is 2.30. The SMILES string of the molecule is NN=NC1=N[C@@H](CCOc2ccc(Br)cc2)CO1. The maximum Gasteiger partial charge on any atom is 0.332 e. The van der Waals surface area contributed by atoms with Crippen molar-refractivity contribution in [3.8, 4) is 5.75 Å². The number of hydrogen-bond donors (Lipinski definition) is 1. The molecule has 0 bridgehead atoms. The van der Waals surface area contributed by atoms with Gasteiger partial charge in [0.1, 0.15) is 12.4 Å². The van der Waals surface area contributed by atoms with E-state index in [1.54, 1.807) is 0 Å². The van der Waals surface area contributed by atoms with Gasteiger partial charge in [0.05, 0.1) is 12.6 Å². The van der Waals surface area contributed by atoms with Crippen molar-refractivity contribution >= 4 is 22.0 Å². The van der Waals surface area contributed by atoms with Gasteiger partial charge in [-0.3, -0.25) is 0 Å². The summed E-state index contributed by atoms with van der Waals surface area (Å²) in [5.41, 5.74) is 0. The molecule has 1 atom stereocenters. The van der Waals surface area contributed by atoms with Crippen molar-refractivity contribution in [2.45, 2.75) is 12.5 Å². The second-order valence-corrected chi connectivity index (χ2v) is 4.60. The molecule has 18 heavy (non-hydrogen) atoms.